The van der Waals surface area contributed by atoms with E-state index in [2.05, 4.69) is 44.2 Å². The molecule has 0 aliphatic rings. The van der Waals surface area contributed by atoms with Crippen LogP contribution in [-0.4, -0.2) is 0 Å². The van der Waals surface area contributed by atoms with Gasteiger partial charge in [0.25, 0.3) is 0 Å². The fraction of sp³-hybridized carbons (Fsp3) is 0.667. The van der Waals surface area contributed by atoms with E-state index in [0.29, 0.717) is 5.92 Å². The van der Waals surface area contributed by atoms with E-state index in [1.165, 1.54) is 12.0 Å². The van der Waals surface area contributed by atoms with Crippen molar-refractivity contribution in [2.75, 3.05) is 0 Å². The molecule has 0 fully saturated rings. The van der Waals surface area contributed by atoms with Gasteiger partial charge in [0, 0.05) is 0 Å². The van der Waals surface area contributed by atoms with Crippen LogP contribution in [0.5, 0.6) is 0 Å². The lowest BCUT2D eigenvalue weighted by molar-refractivity contribution is 0.733. The van der Waals surface area contributed by atoms with Crippen LogP contribution in [0.25, 0.3) is 0 Å². The summed E-state index contributed by atoms with van der Waals surface area (Å²) < 4.78 is 0. The number of hydrogen-bond donors (Lipinski definition) is 0. The van der Waals surface area contributed by atoms with Crippen LogP contribution in [0.4, 0.5) is 0 Å². The van der Waals surface area contributed by atoms with Crippen molar-refractivity contribution in [3.63, 3.8) is 0 Å². The normalized spacial score (nSPS) is 8.56. The summed E-state index contributed by atoms with van der Waals surface area (Å²) in [5, 5.41) is 0. The Bertz CT molecular complexity index is 176. The highest BCUT2D eigenvalue weighted by atomic mass is 14.0. The minimum Gasteiger partial charge on any atom is -0.0683 e. The van der Waals surface area contributed by atoms with Crippen molar-refractivity contribution in [1.82, 2.24) is 0 Å². The Hall–Kier alpha value is -0.780. The van der Waals surface area contributed by atoms with Gasteiger partial charge in [-0.3, -0.25) is 0 Å². The Morgan fingerprint density at radius 3 is 1.33 bits per heavy atom. The van der Waals surface area contributed by atoms with Gasteiger partial charge in [-0.25, -0.2) is 0 Å². The Kier molecular flexibility index (Phi) is 43.0. The summed E-state index contributed by atoms with van der Waals surface area (Å²) in [6.07, 6.45) is 1.23. The maximum atomic E-state index is 2.26. The van der Waals surface area contributed by atoms with Crippen LogP contribution in [-0.2, 0) is 0 Å². The highest BCUT2D eigenvalue weighted by Gasteiger charge is 1.98. The van der Waals surface area contributed by atoms with Crippen molar-refractivity contribution in [3.8, 4) is 0 Å². The van der Waals surface area contributed by atoms with Gasteiger partial charge in [0.2, 0.25) is 0 Å². The molecule has 0 amide bonds. The smallest absolute Gasteiger partial charge is 0.0193 e. The molecule has 0 nitrogen and oxygen atoms in total. The monoisotopic (exact) mass is 254 g/mol. The summed E-state index contributed by atoms with van der Waals surface area (Å²) in [6.45, 7) is 20.5. The van der Waals surface area contributed by atoms with Crippen LogP contribution < -0.4 is 0 Å². The Morgan fingerprint density at radius 1 is 0.722 bits per heavy atom. The van der Waals surface area contributed by atoms with Gasteiger partial charge in [0.05, 0.1) is 0 Å². The Morgan fingerprint density at radius 2 is 1.06 bits per heavy atom. The summed E-state index contributed by atoms with van der Waals surface area (Å²) in [6, 6.07) is 10.6. The lowest BCUT2D eigenvalue weighted by atomic mass is 9.99. The van der Waals surface area contributed by atoms with Gasteiger partial charge < -0.3 is 0 Å². The van der Waals surface area contributed by atoms with Crippen molar-refractivity contribution in [2.24, 2.45) is 0 Å². The zero-order valence-electron chi connectivity index (χ0n) is 14.7. The molecule has 0 bridgehead atoms. The standard InChI is InChI=1S/C10H14.4C2H6/c1-3-9(2)10-7-5-4-6-8-10;4*1-2/h4-9H,3H2,1-2H3;4*1-2H3. The topological polar surface area (TPSA) is 0 Å². The minimum absolute atomic E-state index is 0.709. The molecule has 1 rings (SSSR count). The molecule has 0 heterocycles. The van der Waals surface area contributed by atoms with E-state index < -0.39 is 0 Å². The van der Waals surface area contributed by atoms with Crippen molar-refractivity contribution < 1.29 is 0 Å². The third-order valence-corrected chi connectivity index (χ3v) is 1.98. The highest BCUT2D eigenvalue weighted by molar-refractivity contribution is 5.18. The second-order valence-corrected chi connectivity index (χ2v) is 2.72. The first kappa shape index (κ1) is 25.9. The van der Waals surface area contributed by atoms with Gasteiger partial charge in [-0.05, 0) is 17.9 Å². The van der Waals surface area contributed by atoms with Gasteiger partial charge in [0.1, 0.15) is 0 Å². The molecule has 0 heteroatoms. The highest BCUT2D eigenvalue weighted by Crippen LogP contribution is 2.16. The second kappa shape index (κ2) is 29.8. The maximum Gasteiger partial charge on any atom is -0.0193 e. The molecule has 0 aliphatic carbocycles. The first-order chi connectivity index (χ1) is 8.84. The fourth-order valence-corrected chi connectivity index (χ4v) is 1.02. The predicted molar refractivity (Wildman–Crippen MR) is 90.5 cm³/mol. The first-order valence-corrected chi connectivity index (χ1v) is 7.89. The van der Waals surface area contributed by atoms with E-state index in [4.69, 9.17) is 0 Å². The van der Waals surface area contributed by atoms with Crippen molar-refractivity contribution in [2.45, 2.75) is 81.6 Å². The van der Waals surface area contributed by atoms with Crippen molar-refractivity contribution in [1.29, 1.82) is 0 Å². The van der Waals surface area contributed by atoms with Crippen LogP contribution in [0.15, 0.2) is 30.3 Å². The molecule has 0 spiro atoms. The van der Waals surface area contributed by atoms with E-state index in [-0.39, 0.29) is 0 Å². The second-order valence-electron chi connectivity index (χ2n) is 2.72. The van der Waals surface area contributed by atoms with Crippen molar-refractivity contribution in [3.05, 3.63) is 35.9 Å². The molecule has 0 N–H and O–H groups in total. The van der Waals surface area contributed by atoms with Crippen LogP contribution in [0, 0.1) is 0 Å². The first-order valence-electron chi connectivity index (χ1n) is 7.89. The lowest BCUT2D eigenvalue weighted by Crippen LogP contribution is -1.88. The van der Waals surface area contributed by atoms with Gasteiger partial charge in [-0.1, -0.05) is 99.6 Å². The minimum atomic E-state index is 0.709. The van der Waals surface area contributed by atoms with E-state index >= 15 is 0 Å². The van der Waals surface area contributed by atoms with Crippen LogP contribution in [0.2, 0.25) is 0 Å². The van der Waals surface area contributed by atoms with E-state index in [1.54, 1.807) is 0 Å². The quantitative estimate of drug-likeness (QED) is 0.519. The zero-order chi connectivity index (χ0) is 15.4. The molecule has 0 saturated heterocycles. The van der Waals surface area contributed by atoms with E-state index in [0.717, 1.165) is 0 Å². The van der Waals surface area contributed by atoms with Gasteiger partial charge in [-0.2, -0.15) is 0 Å². The summed E-state index contributed by atoms with van der Waals surface area (Å²) in [7, 11) is 0. The third-order valence-electron chi connectivity index (χ3n) is 1.98. The third kappa shape index (κ3) is 17.6. The molecule has 1 aromatic rings. The lowest BCUT2D eigenvalue weighted by Gasteiger charge is -2.06. The van der Waals surface area contributed by atoms with Crippen molar-refractivity contribution >= 4 is 0 Å². The van der Waals surface area contributed by atoms with Gasteiger partial charge in [0.15, 0.2) is 0 Å². The van der Waals surface area contributed by atoms with Crippen LogP contribution in [0.1, 0.15) is 87.1 Å². The van der Waals surface area contributed by atoms with Gasteiger partial charge >= 0.3 is 0 Å². The predicted octanol–water partition coefficient (Wildman–Crippen LogP) is 7.30. The molecule has 18 heavy (non-hydrogen) atoms. The average molecular weight is 255 g/mol. The summed E-state index contributed by atoms with van der Waals surface area (Å²) >= 11 is 0. The molecule has 110 valence electrons. The summed E-state index contributed by atoms with van der Waals surface area (Å²) in [5.74, 6) is 0.709. The fourth-order valence-electron chi connectivity index (χ4n) is 1.02. The molecular formula is C18H38. The zero-order valence-corrected chi connectivity index (χ0v) is 14.7. The van der Waals surface area contributed by atoms with E-state index in [1.807, 2.05) is 55.4 Å². The summed E-state index contributed by atoms with van der Waals surface area (Å²) in [4.78, 5) is 0. The molecule has 0 radical (unpaired) electrons. The Labute approximate surface area is 118 Å². The molecule has 0 aromatic heterocycles. The number of hydrogen-bond acceptors (Lipinski definition) is 0. The molecule has 1 unspecified atom stereocenters. The molecule has 0 saturated carbocycles. The van der Waals surface area contributed by atoms with Crippen LogP contribution >= 0.6 is 0 Å². The maximum absolute atomic E-state index is 2.26. The largest absolute Gasteiger partial charge is 0.0683 e. The van der Waals surface area contributed by atoms with Gasteiger partial charge in [-0.15, -0.1) is 0 Å². The molecular weight excluding hydrogens is 216 g/mol. The molecule has 1 aromatic carbocycles. The van der Waals surface area contributed by atoms with Crippen LogP contribution in [0.3, 0.4) is 0 Å². The summed E-state index contributed by atoms with van der Waals surface area (Å²) in [5.41, 5.74) is 1.45. The molecule has 0 aliphatic heterocycles. The SMILES string of the molecule is CC.CC.CC.CC.CCC(C)c1ccccc1. The average Bonchev–Trinajstić information content (AvgIpc) is 2.55. The molecule has 1 atom stereocenters. The Balaban J connectivity index is -0.000000105. The number of benzene rings is 1. The van der Waals surface area contributed by atoms with E-state index in [9.17, 15) is 0 Å². The number of rotatable bonds is 2.